The molecule has 0 bridgehead atoms. The van der Waals surface area contributed by atoms with Crippen molar-refractivity contribution in [2.45, 2.75) is 26.3 Å². The van der Waals surface area contributed by atoms with Crippen LogP contribution in [0.25, 0.3) is 0 Å². The third-order valence-corrected chi connectivity index (χ3v) is 1.84. The molecule has 0 spiro atoms. The molecule has 0 aliphatic carbocycles. The van der Waals surface area contributed by atoms with E-state index in [9.17, 15) is 4.79 Å². The topological polar surface area (TPSA) is 53.2 Å². The van der Waals surface area contributed by atoms with Crippen LogP contribution in [-0.4, -0.2) is 30.7 Å². The molecule has 0 aromatic carbocycles. The van der Waals surface area contributed by atoms with Crippen LogP contribution in [0.4, 0.5) is 0 Å². The Morgan fingerprint density at radius 2 is 2.15 bits per heavy atom. The molecule has 0 radical (unpaired) electrons. The minimum Gasteiger partial charge on any atom is -0.366 e. The summed E-state index contributed by atoms with van der Waals surface area (Å²) in [6, 6.07) is -0.286. The summed E-state index contributed by atoms with van der Waals surface area (Å²) in [4.78, 5) is 11.3. The molecule has 4 nitrogen and oxygen atoms in total. The molecule has 0 rings (SSSR count). The first-order valence-electron chi connectivity index (χ1n) is 4.37. The molecule has 1 atom stereocenters. The van der Waals surface area contributed by atoms with Crippen molar-refractivity contribution >= 4 is 23.2 Å². The Labute approximate surface area is 84.5 Å². The lowest BCUT2D eigenvalue weighted by molar-refractivity contribution is -0.122. The maximum Gasteiger partial charge on any atom is 0.242 e. The van der Waals surface area contributed by atoms with Crippen molar-refractivity contribution in [1.82, 2.24) is 16.0 Å². The predicted molar refractivity (Wildman–Crippen MR) is 57.6 cm³/mol. The molecular formula is C8H17N3OS. The number of amides is 1. The van der Waals surface area contributed by atoms with E-state index in [4.69, 9.17) is 12.2 Å². The maximum absolute atomic E-state index is 11.3. The molecule has 0 aromatic heterocycles. The molecule has 5 heteroatoms. The number of carbonyl (C=O) groups is 1. The van der Waals surface area contributed by atoms with Gasteiger partial charge < -0.3 is 16.0 Å². The molecular weight excluding hydrogens is 186 g/mol. The number of hydrogen-bond donors (Lipinski definition) is 3. The number of hydrogen-bond acceptors (Lipinski definition) is 2. The summed E-state index contributed by atoms with van der Waals surface area (Å²) in [5.74, 6) is -0.0283. The van der Waals surface area contributed by atoms with Crippen molar-refractivity contribution in [2.24, 2.45) is 0 Å². The van der Waals surface area contributed by atoms with E-state index >= 15 is 0 Å². The van der Waals surface area contributed by atoms with Gasteiger partial charge in [0.25, 0.3) is 0 Å². The first kappa shape index (κ1) is 12.2. The molecule has 0 aliphatic heterocycles. The number of nitrogens with one attached hydrogen (secondary N) is 3. The van der Waals surface area contributed by atoms with Crippen LogP contribution in [-0.2, 0) is 4.79 Å². The van der Waals surface area contributed by atoms with Crippen LogP contribution in [0.5, 0.6) is 0 Å². The average Bonchev–Trinajstić information content (AvgIpc) is 2.13. The monoisotopic (exact) mass is 203 g/mol. The fourth-order valence-corrected chi connectivity index (χ4v) is 0.912. The van der Waals surface area contributed by atoms with E-state index < -0.39 is 0 Å². The third kappa shape index (κ3) is 5.41. The van der Waals surface area contributed by atoms with Crippen LogP contribution in [0.2, 0.25) is 0 Å². The predicted octanol–water partition coefficient (Wildman–Crippen LogP) is -0.00500. The fourth-order valence-electron chi connectivity index (χ4n) is 0.736. The summed E-state index contributed by atoms with van der Waals surface area (Å²) in [6.07, 6.45) is 0.939. The second-order valence-corrected chi connectivity index (χ2v) is 3.14. The third-order valence-electron chi connectivity index (χ3n) is 1.52. The normalized spacial score (nSPS) is 11.6. The number of rotatable bonds is 4. The largest absolute Gasteiger partial charge is 0.366 e. The highest BCUT2D eigenvalue weighted by atomic mass is 32.1. The van der Waals surface area contributed by atoms with E-state index in [0.717, 1.165) is 6.42 Å². The zero-order valence-corrected chi connectivity index (χ0v) is 9.12. The number of carbonyl (C=O) groups excluding carboxylic acids is 1. The van der Waals surface area contributed by atoms with Gasteiger partial charge in [-0.05, 0) is 25.6 Å². The summed E-state index contributed by atoms with van der Waals surface area (Å²) >= 11 is 4.86. The molecule has 0 saturated heterocycles. The van der Waals surface area contributed by atoms with Crippen LogP contribution in [0, 0.1) is 0 Å². The van der Waals surface area contributed by atoms with Gasteiger partial charge in [-0.2, -0.15) is 0 Å². The van der Waals surface area contributed by atoms with E-state index in [1.807, 2.05) is 6.92 Å². The average molecular weight is 203 g/mol. The maximum atomic E-state index is 11.3. The van der Waals surface area contributed by atoms with Gasteiger partial charge in [-0.25, -0.2) is 0 Å². The molecule has 0 aromatic rings. The van der Waals surface area contributed by atoms with Gasteiger partial charge in [0.05, 0.1) is 0 Å². The zero-order chi connectivity index (χ0) is 10.3. The van der Waals surface area contributed by atoms with Gasteiger partial charge in [-0.1, -0.05) is 6.92 Å². The van der Waals surface area contributed by atoms with E-state index in [2.05, 4.69) is 16.0 Å². The van der Waals surface area contributed by atoms with Crippen LogP contribution >= 0.6 is 12.2 Å². The van der Waals surface area contributed by atoms with Crippen molar-refractivity contribution in [1.29, 1.82) is 0 Å². The Morgan fingerprint density at radius 1 is 1.54 bits per heavy atom. The van der Waals surface area contributed by atoms with Crippen molar-refractivity contribution in [3.05, 3.63) is 0 Å². The highest BCUT2D eigenvalue weighted by Crippen LogP contribution is 1.82. The van der Waals surface area contributed by atoms with Crippen LogP contribution in [0.1, 0.15) is 20.3 Å². The Hall–Kier alpha value is -0.840. The quantitative estimate of drug-likeness (QED) is 0.563. The standard InChI is InChI=1S/C8H17N3OS/c1-4-5-10-7(12)6(2)11-8(13)9-3/h6H,4-5H2,1-3H3,(H,10,12)(H2,9,11,13). The first-order chi connectivity index (χ1) is 6.11. The molecule has 1 amide bonds. The molecule has 0 aliphatic rings. The fraction of sp³-hybridized carbons (Fsp3) is 0.750. The summed E-state index contributed by atoms with van der Waals surface area (Å²) < 4.78 is 0. The smallest absolute Gasteiger partial charge is 0.242 e. The van der Waals surface area contributed by atoms with Crippen LogP contribution in [0.15, 0.2) is 0 Å². The summed E-state index contributed by atoms with van der Waals surface area (Å²) in [6.45, 7) is 4.49. The summed E-state index contributed by atoms with van der Waals surface area (Å²) in [7, 11) is 1.71. The molecule has 13 heavy (non-hydrogen) atoms. The highest BCUT2D eigenvalue weighted by molar-refractivity contribution is 7.80. The van der Waals surface area contributed by atoms with Crippen molar-refractivity contribution in [2.75, 3.05) is 13.6 Å². The zero-order valence-electron chi connectivity index (χ0n) is 8.31. The van der Waals surface area contributed by atoms with Gasteiger partial charge in [0, 0.05) is 13.6 Å². The molecule has 76 valence electrons. The Kier molecular flexibility index (Phi) is 6.22. The van der Waals surface area contributed by atoms with Gasteiger partial charge in [0.1, 0.15) is 6.04 Å². The lowest BCUT2D eigenvalue weighted by atomic mass is 10.3. The van der Waals surface area contributed by atoms with Gasteiger partial charge in [-0.3, -0.25) is 4.79 Å². The lowest BCUT2D eigenvalue weighted by Crippen LogP contribution is -2.47. The van der Waals surface area contributed by atoms with Crippen molar-refractivity contribution in [3.63, 3.8) is 0 Å². The van der Waals surface area contributed by atoms with E-state index in [0.29, 0.717) is 11.7 Å². The van der Waals surface area contributed by atoms with Gasteiger partial charge >= 0.3 is 0 Å². The molecule has 3 N–H and O–H groups in total. The molecule has 0 saturated carbocycles. The van der Waals surface area contributed by atoms with Gasteiger partial charge in [0.15, 0.2) is 5.11 Å². The first-order valence-corrected chi connectivity index (χ1v) is 4.78. The summed E-state index contributed by atoms with van der Waals surface area (Å²) in [5.41, 5.74) is 0. The molecule has 0 heterocycles. The SMILES string of the molecule is CCCNC(=O)C(C)NC(=S)NC. The minimum atomic E-state index is -0.286. The molecule has 1 unspecified atom stereocenters. The second kappa shape index (κ2) is 6.65. The second-order valence-electron chi connectivity index (χ2n) is 2.74. The molecule has 0 fully saturated rings. The van der Waals surface area contributed by atoms with Gasteiger partial charge in [0.2, 0.25) is 5.91 Å². The van der Waals surface area contributed by atoms with Crippen LogP contribution < -0.4 is 16.0 Å². The van der Waals surface area contributed by atoms with Crippen molar-refractivity contribution in [3.8, 4) is 0 Å². The van der Waals surface area contributed by atoms with Gasteiger partial charge in [-0.15, -0.1) is 0 Å². The highest BCUT2D eigenvalue weighted by Gasteiger charge is 2.11. The minimum absolute atomic E-state index is 0.0283. The Bertz CT molecular complexity index is 184. The van der Waals surface area contributed by atoms with E-state index in [-0.39, 0.29) is 11.9 Å². The lowest BCUT2D eigenvalue weighted by Gasteiger charge is -2.14. The Morgan fingerprint density at radius 3 is 2.62 bits per heavy atom. The Balaban J connectivity index is 3.75. The summed E-state index contributed by atoms with van der Waals surface area (Å²) in [5, 5.41) is 8.85. The van der Waals surface area contributed by atoms with E-state index in [1.54, 1.807) is 14.0 Å². The van der Waals surface area contributed by atoms with Crippen LogP contribution in [0.3, 0.4) is 0 Å². The van der Waals surface area contributed by atoms with E-state index in [1.165, 1.54) is 0 Å². The van der Waals surface area contributed by atoms with Crippen molar-refractivity contribution < 1.29 is 4.79 Å². The number of thiocarbonyl (C=S) groups is 1.